The van der Waals surface area contributed by atoms with E-state index >= 15 is 0 Å². The van der Waals surface area contributed by atoms with Crippen LogP contribution in [0.1, 0.15) is 30.6 Å². The maximum Gasteiger partial charge on any atom is 0.254 e. The smallest absolute Gasteiger partial charge is 0.254 e. The highest BCUT2D eigenvalue weighted by Gasteiger charge is 2.19. The number of carbonyl (C=O) groups excluding carboxylic acids is 1. The van der Waals surface area contributed by atoms with Gasteiger partial charge in [-0.05, 0) is 54.6 Å². The van der Waals surface area contributed by atoms with E-state index in [1.54, 1.807) is 11.0 Å². The highest BCUT2D eigenvalue weighted by Crippen LogP contribution is 2.12. The van der Waals surface area contributed by atoms with Gasteiger partial charge in [0.05, 0.1) is 0 Å². The van der Waals surface area contributed by atoms with Gasteiger partial charge in [0, 0.05) is 28.1 Å². The van der Waals surface area contributed by atoms with Crippen LogP contribution in [0.4, 0.5) is 0 Å². The Labute approximate surface area is 126 Å². The second-order valence-corrected chi connectivity index (χ2v) is 5.69. The number of amides is 1. The molecule has 1 amide bonds. The van der Waals surface area contributed by atoms with Crippen molar-refractivity contribution in [3.8, 4) is 0 Å². The molecule has 5 nitrogen and oxygen atoms in total. The van der Waals surface area contributed by atoms with Crippen molar-refractivity contribution in [2.45, 2.75) is 26.3 Å². The molecule has 6 heteroatoms. The summed E-state index contributed by atoms with van der Waals surface area (Å²) < 4.78 is 1.02. The molecule has 0 saturated heterocycles. The zero-order chi connectivity index (χ0) is 14.4. The zero-order valence-corrected chi connectivity index (χ0v) is 13.2. The molecule has 1 aromatic rings. The normalized spacial score (nSPS) is 11.7. The SMILES string of the molecule is CC(C)N(CCC(N)=NO)C(=O)c1cccc(I)c1. The summed E-state index contributed by atoms with van der Waals surface area (Å²) in [5.74, 6) is 0.0837. The van der Waals surface area contributed by atoms with Gasteiger partial charge in [-0.15, -0.1) is 0 Å². The van der Waals surface area contributed by atoms with Crippen molar-refractivity contribution >= 4 is 34.3 Å². The third-order valence-corrected chi connectivity index (χ3v) is 3.36. The average Bonchev–Trinajstić information content (AvgIpc) is 2.38. The Hall–Kier alpha value is -1.31. The Morgan fingerprint density at radius 2 is 2.21 bits per heavy atom. The lowest BCUT2D eigenvalue weighted by Crippen LogP contribution is -2.39. The fourth-order valence-electron chi connectivity index (χ4n) is 1.67. The van der Waals surface area contributed by atoms with Crippen LogP contribution in [0.15, 0.2) is 29.4 Å². The third-order valence-electron chi connectivity index (χ3n) is 2.69. The van der Waals surface area contributed by atoms with Crippen LogP contribution in [0.3, 0.4) is 0 Å². The number of halogens is 1. The highest BCUT2D eigenvalue weighted by atomic mass is 127. The highest BCUT2D eigenvalue weighted by molar-refractivity contribution is 14.1. The van der Waals surface area contributed by atoms with Gasteiger partial charge in [0.2, 0.25) is 0 Å². The molecule has 0 aliphatic carbocycles. The van der Waals surface area contributed by atoms with Gasteiger partial charge in [-0.1, -0.05) is 11.2 Å². The minimum Gasteiger partial charge on any atom is -0.409 e. The van der Waals surface area contributed by atoms with Crippen molar-refractivity contribution in [3.63, 3.8) is 0 Å². The Morgan fingerprint density at radius 1 is 1.53 bits per heavy atom. The van der Waals surface area contributed by atoms with E-state index in [0.717, 1.165) is 3.57 Å². The molecule has 0 saturated carbocycles. The second-order valence-electron chi connectivity index (χ2n) is 4.44. The first kappa shape index (κ1) is 15.7. The number of hydrogen-bond acceptors (Lipinski definition) is 3. The van der Waals surface area contributed by atoms with E-state index < -0.39 is 0 Å². The van der Waals surface area contributed by atoms with Crippen molar-refractivity contribution in [2.24, 2.45) is 10.9 Å². The van der Waals surface area contributed by atoms with Crippen LogP contribution in [0, 0.1) is 3.57 Å². The van der Waals surface area contributed by atoms with Crippen LogP contribution < -0.4 is 5.73 Å². The summed E-state index contributed by atoms with van der Waals surface area (Å²) in [6, 6.07) is 7.49. The van der Waals surface area contributed by atoms with Crippen molar-refractivity contribution in [1.82, 2.24) is 4.90 Å². The lowest BCUT2D eigenvalue weighted by atomic mass is 10.1. The maximum absolute atomic E-state index is 12.4. The predicted octanol–water partition coefficient (Wildman–Crippen LogP) is 2.28. The molecule has 0 bridgehead atoms. The fourth-order valence-corrected chi connectivity index (χ4v) is 2.21. The Balaban J connectivity index is 2.84. The predicted molar refractivity (Wildman–Crippen MR) is 83.4 cm³/mol. The minimum atomic E-state index is -0.0424. The van der Waals surface area contributed by atoms with E-state index in [4.69, 9.17) is 10.9 Å². The van der Waals surface area contributed by atoms with E-state index in [-0.39, 0.29) is 17.8 Å². The van der Waals surface area contributed by atoms with Gasteiger partial charge in [0.1, 0.15) is 5.84 Å². The van der Waals surface area contributed by atoms with Crippen LogP contribution >= 0.6 is 22.6 Å². The first-order valence-electron chi connectivity index (χ1n) is 5.98. The van der Waals surface area contributed by atoms with Crippen LogP contribution in [0.25, 0.3) is 0 Å². The van der Waals surface area contributed by atoms with Gasteiger partial charge in [-0.2, -0.15) is 0 Å². The van der Waals surface area contributed by atoms with Crippen molar-refractivity contribution < 1.29 is 10.0 Å². The van der Waals surface area contributed by atoms with Crippen molar-refractivity contribution in [2.75, 3.05) is 6.54 Å². The number of carbonyl (C=O) groups is 1. The number of hydrogen-bond donors (Lipinski definition) is 2. The zero-order valence-electron chi connectivity index (χ0n) is 11.0. The molecule has 3 N–H and O–H groups in total. The summed E-state index contributed by atoms with van der Waals surface area (Å²) in [6.45, 7) is 4.31. The van der Waals surface area contributed by atoms with Crippen LogP contribution in [-0.4, -0.2) is 34.4 Å². The molecule has 0 aliphatic heterocycles. The first-order chi connectivity index (χ1) is 8.95. The molecule has 1 rings (SSSR count). The van der Waals surface area contributed by atoms with Gasteiger partial charge < -0.3 is 15.8 Å². The lowest BCUT2D eigenvalue weighted by Gasteiger charge is -2.26. The molecule has 104 valence electrons. The fraction of sp³-hybridized carbons (Fsp3) is 0.385. The van der Waals surface area contributed by atoms with Crippen LogP contribution in [0.2, 0.25) is 0 Å². The van der Waals surface area contributed by atoms with Crippen molar-refractivity contribution in [3.05, 3.63) is 33.4 Å². The standard InChI is InChI=1S/C13H18IN3O2/c1-9(2)17(7-6-12(15)16-19)13(18)10-4-3-5-11(14)8-10/h3-5,8-9,19H,6-7H2,1-2H3,(H2,15,16). The van der Waals surface area contributed by atoms with E-state index in [1.165, 1.54) is 0 Å². The largest absolute Gasteiger partial charge is 0.409 e. The maximum atomic E-state index is 12.4. The lowest BCUT2D eigenvalue weighted by molar-refractivity contribution is 0.0711. The molecule has 0 heterocycles. The molecule has 19 heavy (non-hydrogen) atoms. The van der Waals surface area contributed by atoms with E-state index in [2.05, 4.69) is 27.7 Å². The average molecular weight is 375 g/mol. The summed E-state index contributed by atoms with van der Waals surface area (Å²) in [7, 11) is 0. The summed E-state index contributed by atoms with van der Waals surface area (Å²) in [6.07, 6.45) is 0.352. The van der Waals surface area contributed by atoms with Gasteiger partial charge in [0.15, 0.2) is 0 Å². The summed E-state index contributed by atoms with van der Waals surface area (Å²) in [5, 5.41) is 11.5. The van der Waals surface area contributed by atoms with E-state index in [1.807, 2.05) is 32.0 Å². The van der Waals surface area contributed by atoms with Gasteiger partial charge in [-0.25, -0.2) is 0 Å². The third kappa shape index (κ3) is 4.70. The molecule has 0 unspecified atom stereocenters. The second kappa shape index (κ2) is 7.32. The summed E-state index contributed by atoms with van der Waals surface area (Å²) in [4.78, 5) is 14.1. The first-order valence-corrected chi connectivity index (χ1v) is 7.06. The quantitative estimate of drug-likeness (QED) is 0.273. The molecular weight excluding hydrogens is 357 g/mol. The monoisotopic (exact) mass is 375 g/mol. The summed E-state index contributed by atoms with van der Waals surface area (Å²) >= 11 is 2.17. The molecular formula is C13H18IN3O2. The topological polar surface area (TPSA) is 78.9 Å². The number of benzene rings is 1. The Kier molecular flexibility index (Phi) is 6.07. The van der Waals surface area contributed by atoms with Crippen molar-refractivity contribution in [1.29, 1.82) is 0 Å². The number of amidine groups is 1. The van der Waals surface area contributed by atoms with E-state index in [9.17, 15) is 4.79 Å². The Bertz CT molecular complexity index is 475. The Morgan fingerprint density at radius 3 is 2.74 bits per heavy atom. The van der Waals surface area contributed by atoms with Gasteiger partial charge in [-0.3, -0.25) is 4.79 Å². The number of nitrogens with zero attached hydrogens (tertiary/aromatic N) is 2. The number of nitrogens with two attached hydrogens (primary N) is 1. The van der Waals surface area contributed by atoms with E-state index in [0.29, 0.717) is 18.5 Å². The number of rotatable bonds is 5. The molecule has 0 aromatic heterocycles. The van der Waals surface area contributed by atoms with Crippen LogP contribution in [-0.2, 0) is 0 Å². The summed E-state index contributed by atoms with van der Waals surface area (Å²) in [5.41, 5.74) is 6.10. The molecule has 0 spiro atoms. The molecule has 0 fully saturated rings. The van der Waals surface area contributed by atoms with Gasteiger partial charge in [0.25, 0.3) is 5.91 Å². The number of oxime groups is 1. The van der Waals surface area contributed by atoms with Crippen LogP contribution in [0.5, 0.6) is 0 Å². The van der Waals surface area contributed by atoms with Gasteiger partial charge >= 0.3 is 0 Å². The molecule has 0 radical (unpaired) electrons. The molecule has 1 aromatic carbocycles. The molecule has 0 atom stereocenters. The molecule has 0 aliphatic rings. The minimum absolute atomic E-state index is 0.0424.